The fourth-order valence-electron chi connectivity index (χ4n) is 1.22. The highest BCUT2D eigenvalue weighted by atomic mass is 35.5. The van der Waals surface area contributed by atoms with E-state index in [0.29, 0.717) is 0 Å². The van der Waals surface area contributed by atoms with Gasteiger partial charge in [-0.15, -0.1) is 0 Å². The summed E-state index contributed by atoms with van der Waals surface area (Å²) in [6.45, 7) is 6.84. The van der Waals surface area contributed by atoms with Crippen LogP contribution in [0.5, 0.6) is 0 Å². The Balaban J connectivity index is 0.00000121. The predicted octanol–water partition coefficient (Wildman–Crippen LogP) is 4.78. The molecule has 0 N–H and O–H groups in total. The first kappa shape index (κ1) is 16.2. The maximum Gasteiger partial charge on any atom is 0.303 e. The summed E-state index contributed by atoms with van der Waals surface area (Å²) < 4.78 is 18.0. The van der Waals surface area contributed by atoms with E-state index in [2.05, 4.69) is 0 Å². The maximum atomic E-state index is 13.1. The van der Waals surface area contributed by atoms with Crippen LogP contribution in [0.2, 0.25) is 10.0 Å². The van der Waals surface area contributed by atoms with Crippen LogP contribution < -0.4 is 0 Å². The minimum atomic E-state index is -0.668. The summed E-state index contributed by atoms with van der Waals surface area (Å²) in [5.41, 5.74) is 0.286. The molecule has 1 rings (SSSR count). The summed E-state index contributed by atoms with van der Waals surface area (Å²) >= 11 is 11.6. The summed E-state index contributed by atoms with van der Waals surface area (Å²) in [7, 11) is 0. The van der Waals surface area contributed by atoms with Gasteiger partial charge < -0.3 is 4.74 Å². The van der Waals surface area contributed by atoms with Gasteiger partial charge in [-0.3, -0.25) is 4.79 Å². The summed E-state index contributed by atoms with van der Waals surface area (Å²) in [5, 5.41) is 0.159. The van der Waals surface area contributed by atoms with Gasteiger partial charge >= 0.3 is 5.97 Å². The third-order valence-corrected chi connectivity index (χ3v) is 2.54. The molecule has 2 nitrogen and oxygen atoms in total. The van der Waals surface area contributed by atoms with Gasteiger partial charge in [0.05, 0.1) is 5.02 Å². The zero-order valence-electron chi connectivity index (χ0n) is 10.2. The predicted molar refractivity (Wildman–Crippen MR) is 67.9 cm³/mol. The van der Waals surface area contributed by atoms with E-state index in [1.807, 2.05) is 13.8 Å². The van der Waals surface area contributed by atoms with E-state index < -0.39 is 17.9 Å². The average Bonchev–Trinajstić information content (AvgIpc) is 2.26. The van der Waals surface area contributed by atoms with Crippen LogP contribution in [0.15, 0.2) is 12.1 Å². The number of carbonyl (C=O) groups is 1. The first-order valence-corrected chi connectivity index (χ1v) is 5.99. The number of ether oxygens (including phenoxy) is 1. The highest BCUT2D eigenvalue weighted by Gasteiger charge is 2.18. The molecule has 0 fully saturated rings. The van der Waals surface area contributed by atoms with E-state index in [0.717, 1.165) is 6.07 Å². The lowest BCUT2D eigenvalue weighted by atomic mass is 10.1. The quantitative estimate of drug-likeness (QED) is 0.576. The van der Waals surface area contributed by atoms with Crippen molar-refractivity contribution in [2.45, 2.75) is 33.8 Å². The van der Waals surface area contributed by atoms with Crippen LogP contribution in [0.1, 0.15) is 39.4 Å². The van der Waals surface area contributed by atoms with Crippen molar-refractivity contribution >= 4 is 29.2 Å². The van der Waals surface area contributed by atoms with Gasteiger partial charge in [-0.05, 0) is 19.1 Å². The van der Waals surface area contributed by atoms with Gasteiger partial charge in [-0.2, -0.15) is 0 Å². The molecule has 5 heteroatoms. The Morgan fingerprint density at radius 1 is 1.35 bits per heavy atom. The van der Waals surface area contributed by atoms with Crippen molar-refractivity contribution < 1.29 is 13.9 Å². The normalized spacial score (nSPS) is 11.2. The molecule has 1 aromatic rings. The van der Waals surface area contributed by atoms with Gasteiger partial charge in [0.25, 0.3) is 0 Å². The first-order chi connectivity index (χ1) is 7.93. The first-order valence-electron chi connectivity index (χ1n) is 5.24. The highest BCUT2D eigenvalue weighted by molar-refractivity contribution is 6.36. The van der Waals surface area contributed by atoms with Crippen molar-refractivity contribution in [1.29, 1.82) is 0 Å². The molecule has 0 amide bonds. The molecular formula is C12H15Cl2FO2. The van der Waals surface area contributed by atoms with Crippen LogP contribution in [0, 0.1) is 5.82 Å². The smallest absolute Gasteiger partial charge is 0.303 e. The second-order valence-corrected chi connectivity index (χ2v) is 3.79. The van der Waals surface area contributed by atoms with Gasteiger partial charge in [0.1, 0.15) is 11.9 Å². The molecule has 0 aliphatic rings. The van der Waals surface area contributed by atoms with E-state index in [1.165, 1.54) is 13.0 Å². The van der Waals surface area contributed by atoms with Crippen LogP contribution in [0.25, 0.3) is 0 Å². The van der Waals surface area contributed by atoms with Crippen molar-refractivity contribution in [3.8, 4) is 0 Å². The Morgan fingerprint density at radius 3 is 2.35 bits per heavy atom. The number of hydrogen-bond acceptors (Lipinski definition) is 2. The van der Waals surface area contributed by atoms with Gasteiger partial charge in [-0.1, -0.05) is 37.0 Å². The van der Waals surface area contributed by atoms with Crippen molar-refractivity contribution in [3.05, 3.63) is 33.6 Å². The lowest BCUT2D eigenvalue weighted by Crippen LogP contribution is -2.06. The van der Waals surface area contributed by atoms with Gasteiger partial charge in [0.2, 0.25) is 0 Å². The number of rotatable bonds is 2. The third kappa shape index (κ3) is 4.52. The average molecular weight is 281 g/mol. The molecule has 0 aromatic heterocycles. The van der Waals surface area contributed by atoms with Gasteiger partial charge in [0, 0.05) is 17.5 Å². The zero-order chi connectivity index (χ0) is 13.6. The Kier molecular flexibility index (Phi) is 7.16. The molecule has 0 radical (unpaired) electrons. The van der Waals surface area contributed by atoms with Crippen LogP contribution in [-0.2, 0) is 9.53 Å². The van der Waals surface area contributed by atoms with Crippen molar-refractivity contribution in [1.82, 2.24) is 0 Å². The summed E-state index contributed by atoms with van der Waals surface area (Å²) in [6.07, 6.45) is -0.668. The van der Waals surface area contributed by atoms with Crippen molar-refractivity contribution in [2.75, 3.05) is 0 Å². The molecule has 1 atom stereocenters. The lowest BCUT2D eigenvalue weighted by Gasteiger charge is -2.15. The zero-order valence-corrected chi connectivity index (χ0v) is 11.7. The Labute approximate surface area is 111 Å². The Bertz CT molecular complexity index is 394. The fourth-order valence-corrected chi connectivity index (χ4v) is 1.90. The lowest BCUT2D eigenvalue weighted by molar-refractivity contribution is -0.145. The number of halogens is 3. The molecule has 0 spiro atoms. The maximum absolute atomic E-state index is 13.1. The molecule has 96 valence electrons. The van der Waals surface area contributed by atoms with E-state index in [-0.39, 0.29) is 15.6 Å². The number of carbonyl (C=O) groups excluding carboxylic acids is 1. The molecule has 0 heterocycles. The minimum Gasteiger partial charge on any atom is -0.458 e. The molecule has 0 aliphatic heterocycles. The molecular weight excluding hydrogens is 266 g/mol. The fraction of sp³-hybridized carbons (Fsp3) is 0.417. The molecule has 0 aliphatic carbocycles. The molecule has 17 heavy (non-hydrogen) atoms. The summed E-state index contributed by atoms with van der Waals surface area (Å²) in [4.78, 5) is 10.7. The SMILES string of the molecule is CC.CC(=O)O[C@@H](C)c1c(Cl)ccc(F)c1Cl. The highest BCUT2D eigenvalue weighted by Crippen LogP contribution is 2.33. The molecule has 0 bridgehead atoms. The topological polar surface area (TPSA) is 26.3 Å². The molecule has 0 saturated heterocycles. The van der Waals surface area contributed by atoms with Crippen LogP contribution in [-0.4, -0.2) is 5.97 Å². The third-order valence-electron chi connectivity index (χ3n) is 1.83. The number of esters is 1. The van der Waals surface area contributed by atoms with Crippen LogP contribution >= 0.6 is 23.2 Å². The van der Waals surface area contributed by atoms with Crippen molar-refractivity contribution in [3.63, 3.8) is 0 Å². The summed E-state index contributed by atoms with van der Waals surface area (Å²) in [5.74, 6) is -1.06. The molecule has 0 unspecified atom stereocenters. The van der Waals surface area contributed by atoms with E-state index in [1.54, 1.807) is 6.92 Å². The molecule has 1 aromatic carbocycles. The van der Waals surface area contributed by atoms with Crippen LogP contribution in [0.4, 0.5) is 4.39 Å². The monoisotopic (exact) mass is 280 g/mol. The van der Waals surface area contributed by atoms with E-state index in [9.17, 15) is 9.18 Å². The minimum absolute atomic E-state index is 0.115. The standard InChI is InChI=1S/C10H9Cl2FO2.C2H6/c1-5(15-6(2)14)9-7(11)3-4-8(13)10(9)12;1-2/h3-5H,1-2H3;1-2H3/t5-;/m0./s1. The van der Waals surface area contributed by atoms with E-state index in [4.69, 9.17) is 27.9 Å². The Morgan fingerprint density at radius 2 is 1.88 bits per heavy atom. The largest absolute Gasteiger partial charge is 0.458 e. The van der Waals surface area contributed by atoms with E-state index >= 15 is 0 Å². The van der Waals surface area contributed by atoms with Crippen LogP contribution in [0.3, 0.4) is 0 Å². The second kappa shape index (κ2) is 7.51. The number of benzene rings is 1. The Hall–Kier alpha value is -0.800. The number of hydrogen-bond donors (Lipinski definition) is 0. The van der Waals surface area contributed by atoms with Crippen molar-refractivity contribution in [2.24, 2.45) is 0 Å². The van der Waals surface area contributed by atoms with Gasteiger partial charge in [0.15, 0.2) is 0 Å². The van der Waals surface area contributed by atoms with Gasteiger partial charge in [-0.25, -0.2) is 4.39 Å². The summed E-state index contributed by atoms with van der Waals surface area (Å²) in [6, 6.07) is 2.53. The molecule has 0 saturated carbocycles. The second-order valence-electron chi connectivity index (χ2n) is 3.01.